The van der Waals surface area contributed by atoms with E-state index in [0.717, 1.165) is 5.70 Å². The second-order valence-electron chi connectivity index (χ2n) is 2.23. The molecular weight excluding hydrogens is 136 g/mol. The van der Waals surface area contributed by atoms with E-state index in [-0.39, 0.29) is 0 Å². The molecule has 0 aliphatic heterocycles. The van der Waals surface area contributed by atoms with E-state index in [1.807, 2.05) is 51.1 Å². The van der Waals surface area contributed by atoms with Crippen LogP contribution in [0.25, 0.3) is 0 Å². The minimum absolute atomic E-state index is 1.13. The summed E-state index contributed by atoms with van der Waals surface area (Å²) in [6.45, 7) is 5.92. The summed E-state index contributed by atoms with van der Waals surface area (Å²) in [5.41, 5.74) is 1.13. The highest BCUT2D eigenvalue weighted by atomic mass is 15.4. The Morgan fingerprint density at radius 3 is 2.45 bits per heavy atom. The van der Waals surface area contributed by atoms with Gasteiger partial charge in [0.1, 0.15) is 0 Å². The summed E-state index contributed by atoms with van der Waals surface area (Å²) in [4.78, 5) is 0. The van der Waals surface area contributed by atoms with Gasteiger partial charge in [0.2, 0.25) is 0 Å². The van der Waals surface area contributed by atoms with Gasteiger partial charge < -0.3 is 0 Å². The summed E-state index contributed by atoms with van der Waals surface area (Å²) in [6, 6.07) is 0. The van der Waals surface area contributed by atoms with Crippen LogP contribution in [0.3, 0.4) is 0 Å². The minimum atomic E-state index is 1.13. The standard InChI is InChI=1S/C9H16N2/c1-5-7-8-9(3)11(4)10-6-2/h5-8H,1-4H3. The third kappa shape index (κ3) is 4.37. The Morgan fingerprint density at radius 1 is 1.36 bits per heavy atom. The summed E-state index contributed by atoms with van der Waals surface area (Å²) >= 11 is 0. The zero-order valence-corrected chi connectivity index (χ0v) is 7.70. The largest absolute Gasteiger partial charge is 0.273 e. The Kier molecular flexibility index (Phi) is 5.17. The van der Waals surface area contributed by atoms with Crippen molar-refractivity contribution in [1.29, 1.82) is 0 Å². The molecule has 0 atom stereocenters. The first-order valence-corrected chi connectivity index (χ1v) is 3.74. The topological polar surface area (TPSA) is 15.6 Å². The number of rotatable bonds is 3. The van der Waals surface area contributed by atoms with E-state index in [0.29, 0.717) is 0 Å². The lowest BCUT2D eigenvalue weighted by atomic mass is 10.4. The van der Waals surface area contributed by atoms with Crippen LogP contribution in [0.1, 0.15) is 20.8 Å². The molecule has 0 bridgehead atoms. The van der Waals surface area contributed by atoms with E-state index in [4.69, 9.17) is 0 Å². The fraction of sp³-hybridized carbons (Fsp3) is 0.444. The first-order chi connectivity index (χ1) is 5.22. The first-order valence-electron chi connectivity index (χ1n) is 3.74. The molecule has 0 aromatic rings. The molecule has 0 rings (SSSR count). The second kappa shape index (κ2) is 5.71. The Morgan fingerprint density at radius 2 is 2.00 bits per heavy atom. The van der Waals surface area contributed by atoms with Gasteiger partial charge in [-0.15, -0.1) is 0 Å². The lowest BCUT2D eigenvalue weighted by Gasteiger charge is -2.11. The summed E-state index contributed by atoms with van der Waals surface area (Å²) in [7, 11) is 1.93. The molecule has 0 aromatic heterocycles. The van der Waals surface area contributed by atoms with Gasteiger partial charge in [-0.3, -0.25) is 5.01 Å². The van der Waals surface area contributed by atoms with Crippen LogP contribution in [-0.4, -0.2) is 18.3 Å². The first kappa shape index (κ1) is 9.95. The number of hydrogen-bond donors (Lipinski definition) is 0. The maximum Gasteiger partial charge on any atom is 0.0333 e. The quantitative estimate of drug-likeness (QED) is 0.344. The molecule has 2 heteroatoms. The van der Waals surface area contributed by atoms with Crippen LogP contribution in [0.15, 0.2) is 29.0 Å². The van der Waals surface area contributed by atoms with Crippen molar-refractivity contribution in [1.82, 2.24) is 5.01 Å². The number of allylic oxidation sites excluding steroid dienone is 4. The van der Waals surface area contributed by atoms with Crippen LogP contribution in [-0.2, 0) is 0 Å². The summed E-state index contributed by atoms with van der Waals surface area (Å²) < 4.78 is 0. The number of hydrogen-bond acceptors (Lipinski definition) is 2. The van der Waals surface area contributed by atoms with Crippen LogP contribution in [0.2, 0.25) is 0 Å². The van der Waals surface area contributed by atoms with Gasteiger partial charge in [0, 0.05) is 19.0 Å². The van der Waals surface area contributed by atoms with Crippen molar-refractivity contribution >= 4 is 6.21 Å². The van der Waals surface area contributed by atoms with Crippen molar-refractivity contribution in [2.24, 2.45) is 5.10 Å². The average molecular weight is 152 g/mol. The van der Waals surface area contributed by atoms with Crippen LogP contribution in [0.4, 0.5) is 0 Å². The zero-order chi connectivity index (χ0) is 8.69. The molecule has 0 saturated heterocycles. The molecule has 2 nitrogen and oxygen atoms in total. The molecule has 11 heavy (non-hydrogen) atoms. The highest BCUT2D eigenvalue weighted by Gasteiger charge is 1.90. The predicted molar refractivity (Wildman–Crippen MR) is 50.5 cm³/mol. The van der Waals surface area contributed by atoms with E-state index in [1.165, 1.54) is 0 Å². The Bertz CT molecular complexity index is 178. The van der Waals surface area contributed by atoms with Crippen LogP contribution in [0.5, 0.6) is 0 Å². The molecule has 0 fully saturated rings. The van der Waals surface area contributed by atoms with Crippen molar-refractivity contribution in [2.45, 2.75) is 20.8 Å². The fourth-order valence-corrected chi connectivity index (χ4v) is 0.608. The third-order valence-corrected chi connectivity index (χ3v) is 1.33. The zero-order valence-electron chi connectivity index (χ0n) is 7.70. The Balaban J connectivity index is 4.10. The Labute approximate surface area is 68.9 Å². The van der Waals surface area contributed by atoms with E-state index >= 15 is 0 Å². The highest BCUT2D eigenvalue weighted by molar-refractivity contribution is 5.52. The molecule has 0 spiro atoms. The molecule has 0 unspecified atom stereocenters. The third-order valence-electron chi connectivity index (χ3n) is 1.33. The van der Waals surface area contributed by atoms with Gasteiger partial charge in [-0.2, -0.15) is 5.10 Å². The van der Waals surface area contributed by atoms with Gasteiger partial charge in [-0.05, 0) is 26.8 Å². The molecular formula is C9H16N2. The lowest BCUT2D eigenvalue weighted by molar-refractivity contribution is 0.449. The molecule has 0 radical (unpaired) electrons. The van der Waals surface area contributed by atoms with Gasteiger partial charge in [0.15, 0.2) is 0 Å². The van der Waals surface area contributed by atoms with E-state index in [2.05, 4.69) is 5.10 Å². The average Bonchev–Trinajstić information content (AvgIpc) is 2.00. The Hall–Kier alpha value is -1.05. The molecule has 0 N–H and O–H groups in total. The van der Waals surface area contributed by atoms with Crippen LogP contribution < -0.4 is 0 Å². The van der Waals surface area contributed by atoms with E-state index < -0.39 is 0 Å². The van der Waals surface area contributed by atoms with E-state index in [9.17, 15) is 0 Å². The molecule has 0 heterocycles. The second-order valence-corrected chi connectivity index (χ2v) is 2.23. The summed E-state index contributed by atoms with van der Waals surface area (Å²) in [5.74, 6) is 0. The van der Waals surface area contributed by atoms with Crippen molar-refractivity contribution in [3.63, 3.8) is 0 Å². The maximum absolute atomic E-state index is 4.08. The molecule has 0 aromatic carbocycles. The molecule has 0 saturated carbocycles. The lowest BCUT2D eigenvalue weighted by Crippen LogP contribution is -2.07. The van der Waals surface area contributed by atoms with Gasteiger partial charge in [0.05, 0.1) is 0 Å². The molecule has 0 aliphatic carbocycles. The number of nitrogens with zero attached hydrogens (tertiary/aromatic N) is 2. The maximum atomic E-state index is 4.08. The highest BCUT2D eigenvalue weighted by Crippen LogP contribution is 1.99. The van der Waals surface area contributed by atoms with Crippen LogP contribution >= 0.6 is 0 Å². The monoisotopic (exact) mass is 152 g/mol. The van der Waals surface area contributed by atoms with Crippen molar-refractivity contribution in [2.75, 3.05) is 7.05 Å². The van der Waals surface area contributed by atoms with Crippen LogP contribution in [0, 0.1) is 0 Å². The van der Waals surface area contributed by atoms with Gasteiger partial charge in [-0.25, -0.2) is 0 Å². The fourth-order valence-electron chi connectivity index (χ4n) is 0.608. The van der Waals surface area contributed by atoms with Gasteiger partial charge >= 0.3 is 0 Å². The van der Waals surface area contributed by atoms with Crippen molar-refractivity contribution < 1.29 is 0 Å². The number of hydrazone groups is 1. The minimum Gasteiger partial charge on any atom is -0.273 e. The SMILES string of the molecule is CC=CC=C(C)N(C)N=CC. The van der Waals surface area contributed by atoms with Gasteiger partial charge in [0.25, 0.3) is 0 Å². The summed E-state index contributed by atoms with van der Waals surface area (Å²) in [5, 5.41) is 5.92. The molecule has 0 amide bonds. The van der Waals surface area contributed by atoms with E-state index in [1.54, 1.807) is 6.21 Å². The normalized spacial score (nSPS) is 13.3. The smallest absolute Gasteiger partial charge is 0.0333 e. The van der Waals surface area contributed by atoms with Crippen molar-refractivity contribution in [3.05, 3.63) is 23.9 Å². The molecule has 0 aliphatic rings. The van der Waals surface area contributed by atoms with Crippen molar-refractivity contribution in [3.8, 4) is 0 Å². The van der Waals surface area contributed by atoms with Gasteiger partial charge in [-0.1, -0.05) is 12.2 Å². The molecule has 62 valence electrons. The summed E-state index contributed by atoms with van der Waals surface area (Å²) in [6.07, 6.45) is 7.78. The predicted octanol–water partition coefficient (Wildman–Crippen LogP) is 2.40.